The van der Waals surface area contributed by atoms with E-state index >= 15 is 0 Å². The molecule has 0 spiro atoms. The lowest BCUT2D eigenvalue weighted by atomic mass is 9.69. The molecule has 0 amide bonds. The van der Waals surface area contributed by atoms with Crippen molar-refractivity contribution >= 4 is 98.4 Å². The molecule has 3 saturated heterocycles. The summed E-state index contributed by atoms with van der Waals surface area (Å²) < 4.78 is 45.0. The van der Waals surface area contributed by atoms with Crippen LogP contribution in [0.25, 0.3) is 32.7 Å². The van der Waals surface area contributed by atoms with Gasteiger partial charge in [0, 0.05) is 200 Å². The lowest BCUT2D eigenvalue weighted by Gasteiger charge is -2.53. The number of methoxy groups -OCH3 is 3. The first-order chi connectivity index (χ1) is 44.8. The van der Waals surface area contributed by atoms with Gasteiger partial charge in [0.25, 0.3) is 0 Å². The molecule has 0 N–H and O–H groups in total. The predicted octanol–water partition coefficient (Wildman–Crippen LogP) is 11.7. The molecule has 0 radical (unpaired) electrons. The highest BCUT2D eigenvalue weighted by Crippen LogP contribution is 2.53. The van der Waals surface area contributed by atoms with E-state index in [4.69, 9.17) is 28.4 Å². The number of nitrogens with zero attached hydrogens (tertiary/aromatic N) is 9. The highest BCUT2D eigenvalue weighted by Gasteiger charge is 2.55. The maximum Gasteiger partial charge on any atom is 0.339 e. The Balaban J connectivity index is 0.000000127. The summed E-state index contributed by atoms with van der Waals surface area (Å²) in [4.78, 5) is 56.9. The van der Waals surface area contributed by atoms with Crippen molar-refractivity contribution in [1.82, 2.24) is 43.4 Å². The first-order valence-corrected chi connectivity index (χ1v) is 34.0. The molecule has 21 heteroatoms. The predicted molar refractivity (Wildman–Crippen MR) is 366 cm³/mol. The largest absolute Gasteiger partial charge is 0.462 e. The van der Waals surface area contributed by atoms with Crippen LogP contribution in [0.2, 0.25) is 0 Å². The van der Waals surface area contributed by atoms with Gasteiger partial charge in [0.1, 0.15) is 16.8 Å². The average Bonchev–Trinajstić information content (AvgIpc) is 1.72. The van der Waals surface area contributed by atoms with Gasteiger partial charge in [0.15, 0.2) is 0 Å². The van der Waals surface area contributed by atoms with Gasteiger partial charge in [-0.25, -0.2) is 14.4 Å². The topological polar surface area (TPSA) is 170 Å². The lowest BCUT2D eigenvalue weighted by Crippen LogP contribution is -2.60. The van der Waals surface area contributed by atoms with Gasteiger partial charge in [-0.05, 0) is 177 Å². The van der Waals surface area contributed by atoms with E-state index in [1.54, 1.807) is 36.8 Å². The normalized spacial score (nSPS) is 25.4. The zero-order valence-corrected chi connectivity index (χ0v) is 58.7. The molecule has 3 aliphatic carbocycles. The summed E-state index contributed by atoms with van der Waals surface area (Å²) in [5.41, 5.74) is 11.7. The number of fused-ring (bicyclic) bond motifs is 6. The standard InChI is InChI=1S/3C24H26BrN3O3/c3*1-27-13-17-8-21-24(30-3,19-5-4-6-20(27)22(17)19)9-15(12-28(21)2)14-31-23(29)16-7-18(25)11-26-10-16/h3*4-7,10-11,13,15,21H,8-9,12,14H2,1-3H3/t3*15-,21-,24+/m111/s1. The van der Waals surface area contributed by atoms with Crippen LogP contribution in [0, 0.1) is 17.8 Å². The molecular weight excluding hydrogens is 1370 g/mol. The van der Waals surface area contributed by atoms with E-state index in [0.29, 0.717) is 36.5 Å². The number of ether oxygens (including phenoxy) is 6. The highest BCUT2D eigenvalue weighted by atomic mass is 79.9. The molecule has 15 rings (SSSR count). The molecule has 3 aromatic carbocycles. The molecule has 93 heavy (non-hydrogen) atoms. The Morgan fingerprint density at radius 2 is 0.720 bits per heavy atom. The van der Waals surface area contributed by atoms with Crippen LogP contribution in [0.15, 0.2) is 142 Å². The van der Waals surface area contributed by atoms with Crippen molar-refractivity contribution in [2.45, 2.75) is 73.5 Å². The van der Waals surface area contributed by atoms with Gasteiger partial charge in [-0.2, -0.15) is 0 Å². The molecule has 0 saturated carbocycles. The van der Waals surface area contributed by atoms with Crippen molar-refractivity contribution in [2.24, 2.45) is 38.9 Å². The number of aromatic nitrogens is 6. The number of likely N-dealkylation sites (tertiary alicyclic amines) is 3. The quantitative estimate of drug-likeness (QED) is 0.0835. The van der Waals surface area contributed by atoms with Crippen LogP contribution in [0.3, 0.4) is 0 Å². The third-order valence-electron chi connectivity index (χ3n) is 20.8. The van der Waals surface area contributed by atoms with Crippen molar-refractivity contribution in [2.75, 3.05) is 81.9 Å². The molecule has 18 nitrogen and oxygen atoms in total. The first-order valence-electron chi connectivity index (χ1n) is 31.6. The smallest absolute Gasteiger partial charge is 0.339 e. The number of halogens is 3. The number of aryl methyl sites for hydroxylation is 3. The van der Waals surface area contributed by atoms with Crippen molar-refractivity contribution < 1.29 is 42.8 Å². The Hall–Kier alpha value is -6.66. The van der Waals surface area contributed by atoms with Gasteiger partial charge in [0.2, 0.25) is 0 Å². The molecule has 6 aliphatic rings. The van der Waals surface area contributed by atoms with E-state index in [1.807, 2.05) is 21.3 Å². The van der Waals surface area contributed by atoms with Crippen LogP contribution in [0.5, 0.6) is 0 Å². The van der Waals surface area contributed by atoms with Crippen LogP contribution < -0.4 is 0 Å². The Kier molecular flexibility index (Phi) is 18.3. The van der Waals surface area contributed by atoms with Crippen molar-refractivity contribution in [3.05, 3.63) is 192 Å². The van der Waals surface area contributed by atoms with E-state index in [-0.39, 0.29) is 53.8 Å². The number of benzene rings is 3. The Bertz CT molecular complexity index is 3910. The molecule has 486 valence electrons. The Morgan fingerprint density at radius 3 is 0.978 bits per heavy atom. The summed E-state index contributed by atoms with van der Waals surface area (Å²) in [6.45, 7) is 3.63. The van der Waals surface area contributed by atoms with E-state index in [2.05, 4.69) is 207 Å². The van der Waals surface area contributed by atoms with Gasteiger partial charge in [-0.1, -0.05) is 36.4 Å². The molecule has 3 fully saturated rings. The van der Waals surface area contributed by atoms with E-state index in [9.17, 15) is 14.4 Å². The minimum absolute atomic E-state index is 0.172. The summed E-state index contributed by atoms with van der Waals surface area (Å²) in [5.74, 6) is -0.522. The lowest BCUT2D eigenvalue weighted by molar-refractivity contribution is -0.131. The molecule has 0 unspecified atom stereocenters. The number of likely N-dealkylation sites (N-methyl/N-ethyl adjacent to an activating group) is 3. The summed E-state index contributed by atoms with van der Waals surface area (Å²) in [5, 5.41) is 3.94. The van der Waals surface area contributed by atoms with Crippen LogP contribution in [-0.2, 0) is 85.6 Å². The maximum atomic E-state index is 12.5. The molecule has 9 heterocycles. The van der Waals surface area contributed by atoms with Gasteiger partial charge in [0.05, 0.1) is 36.5 Å². The van der Waals surface area contributed by atoms with Gasteiger partial charge >= 0.3 is 17.9 Å². The number of hydrogen-bond donors (Lipinski definition) is 0. The number of carbonyl (C=O) groups is 3. The third kappa shape index (κ3) is 11.8. The van der Waals surface area contributed by atoms with E-state index in [1.165, 1.54) is 84.7 Å². The average molecular weight is 1450 g/mol. The van der Waals surface area contributed by atoms with Crippen molar-refractivity contribution in [1.29, 1.82) is 0 Å². The fourth-order valence-corrected chi connectivity index (χ4v) is 18.0. The molecular formula is C72H78Br3N9O9. The van der Waals surface area contributed by atoms with Gasteiger partial charge in [-0.15, -0.1) is 0 Å². The van der Waals surface area contributed by atoms with E-state index < -0.39 is 16.8 Å². The fourth-order valence-electron chi connectivity index (χ4n) is 16.9. The summed E-state index contributed by atoms with van der Waals surface area (Å²) in [6, 6.07) is 25.4. The summed E-state index contributed by atoms with van der Waals surface area (Å²) >= 11 is 10.1. The van der Waals surface area contributed by atoms with E-state index in [0.717, 1.165) is 71.6 Å². The fraction of sp³-hybridized carbons (Fsp3) is 0.417. The second-order valence-electron chi connectivity index (χ2n) is 26.3. The minimum Gasteiger partial charge on any atom is -0.462 e. The molecule has 6 aromatic heterocycles. The van der Waals surface area contributed by atoms with Crippen LogP contribution >= 0.6 is 47.8 Å². The van der Waals surface area contributed by atoms with Crippen LogP contribution in [-0.4, -0.2) is 161 Å². The minimum atomic E-state index is -0.421. The molecule has 9 atom stereocenters. The third-order valence-corrected chi connectivity index (χ3v) is 22.1. The molecule has 9 aromatic rings. The van der Waals surface area contributed by atoms with Crippen molar-refractivity contribution in [3.63, 3.8) is 0 Å². The zero-order valence-electron chi connectivity index (χ0n) is 53.9. The number of rotatable bonds is 12. The van der Waals surface area contributed by atoms with Gasteiger partial charge < -0.3 is 42.1 Å². The Labute approximate surface area is 567 Å². The molecule has 0 bridgehead atoms. The number of piperidine rings is 3. The number of hydrogen-bond acceptors (Lipinski definition) is 15. The summed E-state index contributed by atoms with van der Waals surface area (Å²) in [6.07, 6.45) is 21.6. The number of esters is 3. The Morgan fingerprint density at radius 1 is 0.441 bits per heavy atom. The maximum absolute atomic E-state index is 12.5. The number of carbonyl (C=O) groups excluding carboxylic acids is 3. The van der Waals surface area contributed by atoms with Crippen LogP contribution in [0.4, 0.5) is 0 Å². The van der Waals surface area contributed by atoms with Gasteiger partial charge in [-0.3, -0.25) is 29.7 Å². The molecule has 3 aliphatic heterocycles. The second-order valence-corrected chi connectivity index (χ2v) is 29.1. The first kappa shape index (κ1) is 65.0. The zero-order chi connectivity index (χ0) is 65.3. The number of pyridine rings is 3. The monoisotopic (exact) mass is 1450 g/mol. The highest BCUT2D eigenvalue weighted by molar-refractivity contribution is 9.11. The second kappa shape index (κ2) is 26.2. The van der Waals surface area contributed by atoms with Crippen LogP contribution in [0.1, 0.15) is 83.7 Å². The SMILES string of the molecule is CO[C@]12C[C@@H](COC(=O)c3cncc(Br)c3)CN(C)[C@@H]1Cc1cn(C)c3cccc2c13.CO[C@]12C[C@@H](COC(=O)c3cncc(Br)c3)CN(C)[C@@H]1Cc1cn(C)c3cccc2c13.CO[C@]12C[C@@H](COC(=O)c3cncc(Br)c3)CN(C)[C@@H]1Cc1cn(C)c3cccc2c13. The summed E-state index contributed by atoms with van der Waals surface area (Å²) in [7, 11) is 18.2. The van der Waals surface area contributed by atoms with Crippen molar-refractivity contribution in [3.8, 4) is 0 Å².